The normalized spacial score (nSPS) is 12.1. The van der Waals surface area contributed by atoms with Gasteiger partial charge < -0.3 is 15.8 Å². The highest BCUT2D eigenvalue weighted by Gasteiger charge is 2.31. The smallest absolute Gasteiger partial charge is 0.406 e. The second-order valence-electron chi connectivity index (χ2n) is 4.21. The molecule has 0 bridgehead atoms. The summed E-state index contributed by atoms with van der Waals surface area (Å²) in [5.74, 6) is -4.31. The van der Waals surface area contributed by atoms with Gasteiger partial charge in [0, 0.05) is 0 Å². The number of hydrogen-bond donors (Lipinski definition) is 2. The maximum Gasteiger partial charge on any atom is 0.573 e. The average Bonchev–Trinajstić information content (AvgIpc) is 2.37. The van der Waals surface area contributed by atoms with Gasteiger partial charge in [0.2, 0.25) is 5.91 Å². The number of ether oxygens (including phenoxy) is 1. The van der Waals surface area contributed by atoms with Gasteiger partial charge in [-0.15, -0.1) is 13.2 Å². The number of rotatable bonds is 6. The molecule has 0 saturated carbocycles. The van der Waals surface area contributed by atoms with Gasteiger partial charge >= 0.3 is 6.36 Å². The fourth-order valence-electron chi connectivity index (χ4n) is 1.36. The topological polar surface area (TPSA) is 64.3 Å². The van der Waals surface area contributed by atoms with Crippen molar-refractivity contribution in [3.8, 4) is 5.75 Å². The Morgan fingerprint density at radius 2 is 1.71 bits per heavy atom. The maximum atomic E-state index is 12.8. The van der Waals surface area contributed by atoms with Crippen LogP contribution in [0.15, 0.2) is 24.3 Å². The van der Waals surface area contributed by atoms with Crippen LogP contribution in [0.2, 0.25) is 0 Å². The average molecular weight is 312 g/mol. The zero-order valence-corrected chi connectivity index (χ0v) is 10.7. The molecule has 0 aliphatic carbocycles. The first-order chi connectivity index (χ1) is 9.61. The molecule has 1 amide bonds. The van der Waals surface area contributed by atoms with E-state index in [2.05, 4.69) is 4.74 Å². The number of halogens is 5. The molecule has 1 aromatic carbocycles. The zero-order chi connectivity index (χ0) is 16.1. The summed E-state index contributed by atoms with van der Waals surface area (Å²) < 4.78 is 65.0. The van der Waals surface area contributed by atoms with E-state index >= 15 is 0 Å². The number of nitrogens with two attached hydrogens (primary N) is 1. The zero-order valence-electron chi connectivity index (χ0n) is 10.7. The molecule has 1 rings (SSSR count). The van der Waals surface area contributed by atoms with Crippen molar-refractivity contribution < 1.29 is 31.5 Å². The van der Waals surface area contributed by atoms with Gasteiger partial charge in [0.15, 0.2) is 0 Å². The van der Waals surface area contributed by atoms with E-state index in [1.807, 2.05) is 5.32 Å². The highest BCUT2D eigenvalue weighted by Crippen LogP contribution is 2.22. The molecule has 0 heterocycles. The molecule has 0 atom stereocenters. The number of amides is 1. The minimum absolute atomic E-state index is 0.243. The summed E-state index contributed by atoms with van der Waals surface area (Å²) in [5.41, 5.74) is 5.16. The van der Waals surface area contributed by atoms with Gasteiger partial charge in [-0.2, -0.15) is 0 Å². The molecule has 0 spiro atoms. The lowest BCUT2D eigenvalue weighted by atomic mass is 10.1. The Kier molecular flexibility index (Phi) is 5.47. The third-order valence-corrected chi connectivity index (χ3v) is 2.36. The minimum Gasteiger partial charge on any atom is -0.406 e. The third kappa shape index (κ3) is 6.89. The highest BCUT2D eigenvalue weighted by atomic mass is 19.4. The van der Waals surface area contributed by atoms with Gasteiger partial charge in [0.1, 0.15) is 5.75 Å². The molecular weight excluding hydrogens is 299 g/mol. The number of carbonyl (C=O) groups excluding carboxylic acids is 1. The molecule has 0 aromatic heterocycles. The van der Waals surface area contributed by atoms with E-state index < -0.39 is 37.0 Å². The highest BCUT2D eigenvalue weighted by molar-refractivity contribution is 5.78. The Balaban J connectivity index is 2.50. The Morgan fingerprint density at radius 3 is 2.19 bits per heavy atom. The van der Waals surface area contributed by atoms with Crippen molar-refractivity contribution in [2.24, 2.45) is 5.73 Å². The second-order valence-corrected chi connectivity index (χ2v) is 4.21. The molecule has 0 fully saturated rings. The summed E-state index contributed by atoms with van der Waals surface area (Å²) in [5, 5.41) is 2.00. The maximum absolute atomic E-state index is 12.8. The Labute approximate surface area is 117 Å². The fourth-order valence-corrected chi connectivity index (χ4v) is 1.36. The summed E-state index contributed by atoms with van der Waals surface area (Å²) >= 11 is 0. The second kappa shape index (κ2) is 6.70. The molecule has 0 saturated heterocycles. The molecule has 0 radical (unpaired) electrons. The first kappa shape index (κ1) is 17.2. The van der Waals surface area contributed by atoms with Crippen LogP contribution in [0.3, 0.4) is 0 Å². The fraction of sp³-hybridized carbons (Fsp3) is 0.417. The van der Waals surface area contributed by atoms with E-state index in [-0.39, 0.29) is 6.42 Å². The summed E-state index contributed by atoms with van der Waals surface area (Å²) in [6, 6.07) is 4.54. The molecule has 21 heavy (non-hydrogen) atoms. The van der Waals surface area contributed by atoms with Gasteiger partial charge in [0.05, 0.1) is 19.5 Å². The first-order valence-corrected chi connectivity index (χ1v) is 5.80. The third-order valence-electron chi connectivity index (χ3n) is 2.36. The predicted molar refractivity (Wildman–Crippen MR) is 63.8 cm³/mol. The van der Waals surface area contributed by atoms with Crippen molar-refractivity contribution in [2.45, 2.75) is 18.7 Å². The molecular formula is C12H13F5N2O2. The number of nitrogens with one attached hydrogen (secondary N) is 1. The van der Waals surface area contributed by atoms with Crippen LogP contribution in [0.25, 0.3) is 0 Å². The van der Waals surface area contributed by atoms with Crippen molar-refractivity contribution in [2.75, 3.05) is 13.1 Å². The van der Waals surface area contributed by atoms with Crippen LogP contribution in [0.4, 0.5) is 22.0 Å². The SMILES string of the molecule is NCC(F)(F)CNC(=O)Cc1ccc(OC(F)(F)F)cc1. The van der Waals surface area contributed by atoms with Crippen LogP contribution in [-0.4, -0.2) is 31.3 Å². The van der Waals surface area contributed by atoms with Crippen LogP contribution >= 0.6 is 0 Å². The standard InChI is InChI=1S/C12H13F5N2O2/c13-11(14,6-18)7-19-10(20)5-8-1-3-9(4-2-8)21-12(15,16)17/h1-4H,5-7,18H2,(H,19,20). The van der Waals surface area contributed by atoms with Crippen LogP contribution in [0.5, 0.6) is 5.75 Å². The molecule has 3 N–H and O–H groups in total. The molecule has 4 nitrogen and oxygen atoms in total. The van der Waals surface area contributed by atoms with Gasteiger partial charge in [-0.3, -0.25) is 4.79 Å². The van der Waals surface area contributed by atoms with Crippen molar-refractivity contribution in [3.05, 3.63) is 29.8 Å². The van der Waals surface area contributed by atoms with E-state index in [1.54, 1.807) is 0 Å². The lowest BCUT2D eigenvalue weighted by molar-refractivity contribution is -0.274. The molecule has 1 aromatic rings. The number of benzene rings is 1. The van der Waals surface area contributed by atoms with E-state index in [4.69, 9.17) is 5.73 Å². The van der Waals surface area contributed by atoms with Crippen molar-refractivity contribution >= 4 is 5.91 Å². The Bertz CT molecular complexity index is 474. The molecule has 9 heteroatoms. The van der Waals surface area contributed by atoms with Crippen LogP contribution < -0.4 is 15.8 Å². The molecule has 118 valence electrons. The van der Waals surface area contributed by atoms with Gasteiger partial charge in [-0.1, -0.05) is 12.1 Å². The monoisotopic (exact) mass is 312 g/mol. The van der Waals surface area contributed by atoms with E-state index in [9.17, 15) is 26.7 Å². The lowest BCUT2D eigenvalue weighted by Crippen LogP contribution is -2.42. The van der Waals surface area contributed by atoms with Gasteiger partial charge in [0.25, 0.3) is 5.92 Å². The summed E-state index contributed by atoms with van der Waals surface area (Å²) in [6.45, 7) is -1.78. The van der Waals surface area contributed by atoms with Crippen molar-refractivity contribution in [1.29, 1.82) is 0 Å². The minimum atomic E-state index is -4.80. The van der Waals surface area contributed by atoms with Gasteiger partial charge in [-0.05, 0) is 17.7 Å². The van der Waals surface area contributed by atoms with Crippen molar-refractivity contribution in [3.63, 3.8) is 0 Å². The lowest BCUT2D eigenvalue weighted by Gasteiger charge is -2.14. The van der Waals surface area contributed by atoms with E-state index in [1.165, 1.54) is 12.1 Å². The summed E-state index contributed by atoms with van der Waals surface area (Å²) in [7, 11) is 0. The predicted octanol–water partition coefficient (Wildman–Crippen LogP) is 1.84. The van der Waals surface area contributed by atoms with Gasteiger partial charge in [-0.25, -0.2) is 8.78 Å². The van der Waals surface area contributed by atoms with Crippen molar-refractivity contribution in [1.82, 2.24) is 5.32 Å². The van der Waals surface area contributed by atoms with Crippen LogP contribution in [0.1, 0.15) is 5.56 Å². The Hall–Kier alpha value is -1.90. The number of alkyl halides is 5. The Morgan fingerprint density at radius 1 is 1.14 bits per heavy atom. The molecule has 0 aliphatic heterocycles. The quantitative estimate of drug-likeness (QED) is 0.788. The summed E-state index contributed by atoms with van der Waals surface area (Å²) in [4.78, 5) is 11.4. The van der Waals surface area contributed by atoms with E-state index in [0.29, 0.717) is 5.56 Å². The molecule has 0 unspecified atom stereocenters. The number of hydrogen-bond acceptors (Lipinski definition) is 3. The molecule has 0 aliphatic rings. The van der Waals surface area contributed by atoms with Crippen LogP contribution in [-0.2, 0) is 11.2 Å². The number of carbonyl (C=O) groups is 1. The summed E-state index contributed by atoms with van der Waals surface area (Å²) in [6.07, 6.45) is -5.04. The first-order valence-electron chi connectivity index (χ1n) is 5.80. The van der Waals surface area contributed by atoms with E-state index in [0.717, 1.165) is 12.1 Å². The largest absolute Gasteiger partial charge is 0.573 e. The van der Waals surface area contributed by atoms with Crippen LogP contribution in [0, 0.1) is 0 Å².